The first-order valence-corrected chi connectivity index (χ1v) is 9.17. The molecule has 0 spiro atoms. The van der Waals surface area contributed by atoms with Crippen LogP contribution in [0.25, 0.3) is 0 Å². The smallest absolute Gasteiger partial charge is 0.281 e. The van der Waals surface area contributed by atoms with Gasteiger partial charge in [-0.25, -0.2) is 13.2 Å². The summed E-state index contributed by atoms with van der Waals surface area (Å²) in [4.78, 5) is 0. The van der Waals surface area contributed by atoms with Crippen molar-refractivity contribution in [2.24, 2.45) is 0 Å². The van der Waals surface area contributed by atoms with Crippen LogP contribution in [-0.4, -0.2) is 72.0 Å². The largest absolute Gasteiger partial charge is 0.460 e. The van der Waals surface area contributed by atoms with Crippen LogP contribution in [0.4, 0.5) is 96.6 Å². The molecule has 0 fully saturated rings. The molecule has 0 aliphatic carbocycles. The van der Waals surface area contributed by atoms with Crippen LogP contribution in [0.1, 0.15) is 0 Å². The molecule has 0 heterocycles. The normalized spacial score (nSPS) is 17.9. The van der Waals surface area contributed by atoms with Crippen molar-refractivity contribution in [3.8, 4) is 0 Å². The number of hydrogen-bond donors (Lipinski definition) is 1. The minimum atomic E-state index is -8.75. The number of allylic oxidation sites excluding steroid dienone is 2. The lowest BCUT2D eigenvalue weighted by atomic mass is 9.93. The van der Waals surface area contributed by atoms with Crippen LogP contribution < -0.4 is 0 Å². The maximum Gasteiger partial charge on any atom is 0.460 e. The Balaban J connectivity index is 7.04. The van der Waals surface area contributed by atoms with Gasteiger partial charge in [-0.3, -0.25) is 4.55 Å². The minimum Gasteiger partial charge on any atom is -0.281 e. The maximum atomic E-state index is 13.4. The second-order valence-electron chi connectivity index (χ2n) is 6.58. The molecule has 0 aromatic rings. The van der Waals surface area contributed by atoms with E-state index >= 15 is 0 Å². The molecule has 0 aromatic heterocycles. The van der Waals surface area contributed by atoms with E-state index in [4.69, 9.17) is 4.55 Å². The Labute approximate surface area is 191 Å². The van der Waals surface area contributed by atoms with Crippen molar-refractivity contribution in [3.05, 3.63) is 11.7 Å². The maximum absolute atomic E-state index is 13.4. The van der Waals surface area contributed by atoms with Crippen molar-refractivity contribution < 1.29 is 110 Å². The molecule has 38 heavy (non-hydrogen) atoms. The Morgan fingerprint density at radius 2 is 0.895 bits per heavy atom. The van der Waals surface area contributed by atoms with E-state index in [0.717, 1.165) is 0 Å². The molecular weight excluding hydrogens is 642 g/mol. The molecule has 228 valence electrons. The van der Waals surface area contributed by atoms with Gasteiger partial charge >= 0.3 is 63.0 Å². The van der Waals surface area contributed by atoms with Gasteiger partial charge in [0.25, 0.3) is 0 Å². The predicted octanol–water partition coefficient (Wildman–Crippen LogP) is 6.97. The van der Waals surface area contributed by atoms with Crippen LogP contribution in [0, 0.1) is 0 Å². The second kappa shape index (κ2) is 9.07. The SMILES string of the molecule is O=S(=O)(O)C(F)(F)C(F)(F)C(F)(F)C(F)(F)C(F)(F)C(F)/C(F)=C(\F)C(F)(F)C(F)(F)C(F)(F)C(F)(F)F. The van der Waals surface area contributed by atoms with Gasteiger partial charge in [0.15, 0.2) is 5.83 Å². The van der Waals surface area contributed by atoms with Gasteiger partial charge in [-0.1, -0.05) is 0 Å². The van der Waals surface area contributed by atoms with Gasteiger partial charge in [-0.15, -0.1) is 0 Å². The van der Waals surface area contributed by atoms with E-state index in [0.29, 0.717) is 0 Å². The quantitative estimate of drug-likeness (QED) is 0.207. The second-order valence-corrected chi connectivity index (χ2v) is 8.05. The third kappa shape index (κ3) is 4.61. The lowest BCUT2D eigenvalue weighted by Crippen LogP contribution is -2.70. The Hall–Kier alpha value is -1.89. The number of hydrogen-bond acceptors (Lipinski definition) is 2. The highest BCUT2D eigenvalue weighted by molar-refractivity contribution is 7.87. The van der Waals surface area contributed by atoms with Crippen LogP contribution in [-0.2, 0) is 10.1 Å². The fourth-order valence-corrected chi connectivity index (χ4v) is 2.30. The number of alkyl halides is 20. The number of halogens is 22. The van der Waals surface area contributed by atoms with E-state index in [2.05, 4.69) is 0 Å². The van der Waals surface area contributed by atoms with Gasteiger partial charge in [0.2, 0.25) is 12.0 Å². The van der Waals surface area contributed by atoms with E-state index in [-0.39, 0.29) is 0 Å². The number of rotatable bonds is 10. The van der Waals surface area contributed by atoms with Crippen LogP contribution in [0.5, 0.6) is 0 Å². The third-order valence-corrected chi connectivity index (χ3v) is 4.97. The Kier molecular flexibility index (Phi) is 8.62. The van der Waals surface area contributed by atoms with E-state index in [1.807, 2.05) is 0 Å². The first-order valence-electron chi connectivity index (χ1n) is 7.73. The van der Waals surface area contributed by atoms with E-state index < -0.39 is 80.8 Å². The molecule has 26 heteroatoms. The van der Waals surface area contributed by atoms with Gasteiger partial charge < -0.3 is 0 Å². The fourth-order valence-electron chi connectivity index (χ4n) is 1.84. The van der Waals surface area contributed by atoms with Gasteiger partial charge in [-0.05, 0) is 0 Å². The molecule has 1 N–H and O–H groups in total. The minimum absolute atomic E-state index is 5.35. The van der Waals surface area contributed by atoms with Gasteiger partial charge in [0.05, 0.1) is 0 Å². The Bertz CT molecular complexity index is 1040. The molecule has 0 aliphatic heterocycles. The molecule has 0 rings (SSSR count). The summed E-state index contributed by atoms with van der Waals surface area (Å²) in [6.07, 6.45) is -14.6. The molecule has 3 nitrogen and oxygen atoms in total. The van der Waals surface area contributed by atoms with Crippen molar-refractivity contribution in [1.29, 1.82) is 0 Å². The standard InChI is InChI=1S/C12H2F22O3S/c13-1(3(15)5(18,19)7(22,23)9(26,27)11(30,31)32)2(14)4(16,17)6(20,21)8(24,25)10(28,29)12(33,34)38(35,36)37/h2H,(H,35,36,37)/b3-1+. The molecular formula is C12H2F22O3S. The summed E-state index contributed by atoms with van der Waals surface area (Å²) in [6, 6.07) is 0. The zero-order chi connectivity index (χ0) is 31.7. The lowest BCUT2D eigenvalue weighted by molar-refractivity contribution is -0.396. The van der Waals surface area contributed by atoms with E-state index in [1.165, 1.54) is 0 Å². The molecule has 1 atom stereocenters. The van der Waals surface area contributed by atoms with Crippen molar-refractivity contribution in [3.63, 3.8) is 0 Å². The average Bonchev–Trinajstić information content (AvgIpc) is 2.69. The van der Waals surface area contributed by atoms with Crippen LogP contribution in [0.15, 0.2) is 11.7 Å². The fraction of sp³-hybridized carbons (Fsp3) is 0.833. The predicted molar refractivity (Wildman–Crippen MR) is 71.3 cm³/mol. The molecule has 0 amide bonds. The van der Waals surface area contributed by atoms with Crippen molar-refractivity contribution in [1.82, 2.24) is 0 Å². The molecule has 1 unspecified atom stereocenters. The molecule has 0 saturated heterocycles. The van der Waals surface area contributed by atoms with Crippen molar-refractivity contribution >= 4 is 10.1 Å². The molecule has 0 saturated carbocycles. The van der Waals surface area contributed by atoms with Crippen LogP contribution in [0.3, 0.4) is 0 Å². The lowest BCUT2D eigenvalue weighted by Gasteiger charge is -2.39. The highest BCUT2D eigenvalue weighted by atomic mass is 32.2. The summed E-state index contributed by atoms with van der Waals surface area (Å²) in [7, 11) is -7.98. The Morgan fingerprint density at radius 1 is 0.553 bits per heavy atom. The van der Waals surface area contributed by atoms with E-state index in [9.17, 15) is 105 Å². The van der Waals surface area contributed by atoms with Gasteiger partial charge in [-0.2, -0.15) is 91.8 Å². The van der Waals surface area contributed by atoms with Crippen LogP contribution >= 0.6 is 0 Å². The van der Waals surface area contributed by atoms with Crippen molar-refractivity contribution in [2.45, 2.75) is 59.1 Å². The zero-order valence-corrected chi connectivity index (χ0v) is 16.9. The van der Waals surface area contributed by atoms with Crippen molar-refractivity contribution in [2.75, 3.05) is 0 Å². The topological polar surface area (TPSA) is 54.4 Å². The first kappa shape index (κ1) is 36.1. The summed E-state index contributed by atoms with van der Waals surface area (Å²) >= 11 is 0. The monoisotopic (exact) mass is 644 g/mol. The average molecular weight is 644 g/mol. The highest BCUT2D eigenvalue weighted by Gasteiger charge is 2.90. The molecule has 0 aromatic carbocycles. The third-order valence-electron chi connectivity index (χ3n) is 4.07. The summed E-state index contributed by atoms with van der Waals surface area (Å²) < 4.78 is 313. The molecule has 0 radical (unpaired) electrons. The summed E-state index contributed by atoms with van der Waals surface area (Å²) in [5.74, 6) is -69.9. The Morgan fingerprint density at radius 3 is 1.18 bits per heavy atom. The van der Waals surface area contributed by atoms with E-state index in [1.54, 1.807) is 0 Å². The molecule has 0 aliphatic rings. The highest BCUT2D eigenvalue weighted by Crippen LogP contribution is 2.61. The van der Waals surface area contributed by atoms with Gasteiger partial charge in [0.1, 0.15) is 0 Å². The van der Waals surface area contributed by atoms with Crippen LogP contribution in [0.2, 0.25) is 0 Å². The zero-order valence-electron chi connectivity index (χ0n) is 16.1. The summed E-state index contributed by atoms with van der Waals surface area (Å²) in [5, 5.41) is -7.91. The first-order chi connectivity index (χ1) is 16.0. The summed E-state index contributed by atoms with van der Waals surface area (Å²) in [5.41, 5.74) is 0. The van der Waals surface area contributed by atoms with Gasteiger partial charge in [0, 0.05) is 0 Å². The molecule has 0 bridgehead atoms. The summed E-state index contributed by atoms with van der Waals surface area (Å²) in [6.45, 7) is 0.